The van der Waals surface area contributed by atoms with Crippen LogP contribution in [-0.2, 0) is 7.05 Å². The SMILES string of the molecule is Cn1c2c(c(=O)[nH]c1=O)[C@H](c1ccc(OC(=O)c3ccc(Cl)cc3)cc1)C1=C(N2)c2ccccc2C1=O. The number of aromatic amines is 1. The summed E-state index contributed by atoms with van der Waals surface area (Å²) in [7, 11) is 1.55. The Balaban J connectivity index is 1.44. The summed E-state index contributed by atoms with van der Waals surface area (Å²) in [6.07, 6.45) is 0. The maximum absolute atomic E-state index is 13.5. The molecule has 2 aliphatic rings. The Morgan fingerprint density at radius 2 is 1.59 bits per heavy atom. The second kappa shape index (κ2) is 8.46. The molecule has 4 aromatic rings. The largest absolute Gasteiger partial charge is 0.423 e. The van der Waals surface area contributed by atoms with Crippen molar-refractivity contribution in [2.24, 2.45) is 7.05 Å². The topological polar surface area (TPSA) is 110 Å². The first-order valence-electron chi connectivity index (χ1n) is 11.4. The minimum Gasteiger partial charge on any atom is -0.423 e. The fourth-order valence-corrected chi connectivity index (χ4v) is 4.97. The highest BCUT2D eigenvalue weighted by molar-refractivity contribution is 6.30. The Labute approximate surface area is 214 Å². The molecule has 2 heterocycles. The quantitative estimate of drug-likeness (QED) is 0.316. The zero-order chi connectivity index (χ0) is 25.8. The van der Waals surface area contributed by atoms with Crippen LogP contribution in [0.3, 0.4) is 0 Å². The number of nitrogens with one attached hydrogen (secondary N) is 2. The maximum Gasteiger partial charge on any atom is 0.343 e. The van der Waals surface area contributed by atoms with Gasteiger partial charge in [-0.05, 0) is 42.0 Å². The number of allylic oxidation sites excluding steroid dienone is 1. The molecule has 0 saturated heterocycles. The number of ether oxygens (including phenoxy) is 1. The van der Waals surface area contributed by atoms with E-state index in [0.717, 1.165) is 0 Å². The van der Waals surface area contributed by atoms with Crippen molar-refractivity contribution in [1.82, 2.24) is 9.55 Å². The summed E-state index contributed by atoms with van der Waals surface area (Å²) in [6, 6.07) is 20.1. The number of esters is 1. The molecule has 0 fully saturated rings. The van der Waals surface area contributed by atoms with Gasteiger partial charge in [0.1, 0.15) is 11.6 Å². The highest BCUT2D eigenvalue weighted by atomic mass is 35.5. The van der Waals surface area contributed by atoms with E-state index in [4.69, 9.17) is 16.3 Å². The summed E-state index contributed by atoms with van der Waals surface area (Å²) in [5, 5.41) is 3.69. The lowest BCUT2D eigenvalue weighted by atomic mass is 9.81. The number of anilines is 1. The van der Waals surface area contributed by atoms with Crippen LogP contribution in [-0.4, -0.2) is 21.3 Å². The predicted molar refractivity (Wildman–Crippen MR) is 138 cm³/mol. The van der Waals surface area contributed by atoms with Crippen molar-refractivity contribution in [3.8, 4) is 5.75 Å². The van der Waals surface area contributed by atoms with Crippen LogP contribution in [0.25, 0.3) is 5.70 Å². The number of rotatable bonds is 3. The molecular formula is C28H18ClN3O5. The van der Waals surface area contributed by atoms with Crippen molar-refractivity contribution in [3.05, 3.63) is 132 Å². The van der Waals surface area contributed by atoms with Gasteiger partial charge in [0, 0.05) is 34.7 Å². The van der Waals surface area contributed by atoms with Crippen molar-refractivity contribution in [1.29, 1.82) is 0 Å². The number of benzene rings is 3. The number of carbonyl (C=O) groups excluding carboxylic acids is 2. The van der Waals surface area contributed by atoms with Crippen LogP contribution in [0.1, 0.15) is 43.3 Å². The summed E-state index contributed by atoms with van der Waals surface area (Å²) in [4.78, 5) is 53.8. The number of hydrogen-bond donors (Lipinski definition) is 2. The zero-order valence-electron chi connectivity index (χ0n) is 19.4. The van der Waals surface area contributed by atoms with E-state index in [1.165, 1.54) is 4.57 Å². The molecule has 0 saturated carbocycles. The Kier molecular flexibility index (Phi) is 5.20. The van der Waals surface area contributed by atoms with Gasteiger partial charge in [-0.3, -0.25) is 19.1 Å². The minimum absolute atomic E-state index is 0.194. The van der Waals surface area contributed by atoms with Gasteiger partial charge in [-0.25, -0.2) is 9.59 Å². The molecule has 0 spiro atoms. The number of halogens is 1. The van der Waals surface area contributed by atoms with Gasteiger partial charge in [0.05, 0.1) is 16.8 Å². The van der Waals surface area contributed by atoms with Crippen molar-refractivity contribution >= 4 is 34.9 Å². The molecule has 2 N–H and O–H groups in total. The van der Waals surface area contributed by atoms with Crippen LogP contribution in [0.15, 0.2) is 88.0 Å². The molecule has 37 heavy (non-hydrogen) atoms. The van der Waals surface area contributed by atoms with Crippen molar-refractivity contribution in [2.75, 3.05) is 5.32 Å². The summed E-state index contributed by atoms with van der Waals surface area (Å²) in [5.41, 5.74) is 2.30. The smallest absolute Gasteiger partial charge is 0.343 e. The van der Waals surface area contributed by atoms with Crippen LogP contribution < -0.4 is 21.3 Å². The van der Waals surface area contributed by atoms with Crippen molar-refractivity contribution < 1.29 is 14.3 Å². The van der Waals surface area contributed by atoms with Crippen LogP contribution in [0.2, 0.25) is 5.02 Å². The lowest BCUT2D eigenvalue weighted by Crippen LogP contribution is -2.37. The van der Waals surface area contributed by atoms with E-state index in [1.54, 1.807) is 67.7 Å². The molecule has 0 bridgehead atoms. The first-order valence-corrected chi connectivity index (χ1v) is 11.8. The average Bonchev–Trinajstić information content (AvgIpc) is 3.19. The van der Waals surface area contributed by atoms with Crippen LogP contribution in [0.5, 0.6) is 5.75 Å². The van der Waals surface area contributed by atoms with Gasteiger partial charge < -0.3 is 10.1 Å². The third kappa shape index (κ3) is 3.61. The summed E-state index contributed by atoms with van der Waals surface area (Å²) in [6.45, 7) is 0. The molecule has 1 aliphatic heterocycles. The third-order valence-corrected chi connectivity index (χ3v) is 6.89. The molecule has 3 aromatic carbocycles. The Bertz CT molecular complexity index is 1770. The fraction of sp³-hybridized carbons (Fsp3) is 0.0714. The Morgan fingerprint density at radius 3 is 2.30 bits per heavy atom. The molecule has 1 atom stereocenters. The van der Waals surface area contributed by atoms with E-state index in [2.05, 4.69) is 10.3 Å². The number of nitrogens with zero attached hydrogens (tertiary/aromatic N) is 1. The number of fused-ring (bicyclic) bond motifs is 3. The zero-order valence-corrected chi connectivity index (χ0v) is 20.1. The van der Waals surface area contributed by atoms with E-state index < -0.39 is 23.1 Å². The molecule has 1 aliphatic carbocycles. The maximum atomic E-state index is 13.5. The number of carbonyl (C=O) groups is 2. The van der Waals surface area contributed by atoms with Gasteiger partial charge in [-0.1, -0.05) is 48.0 Å². The normalized spacial score (nSPS) is 15.5. The predicted octanol–water partition coefficient (Wildman–Crippen LogP) is 4.11. The van der Waals surface area contributed by atoms with Gasteiger partial charge in [-0.15, -0.1) is 0 Å². The van der Waals surface area contributed by atoms with E-state index in [0.29, 0.717) is 50.1 Å². The lowest BCUT2D eigenvalue weighted by Gasteiger charge is -2.29. The second-order valence-corrected chi connectivity index (χ2v) is 9.20. The molecule has 8 nitrogen and oxygen atoms in total. The van der Waals surface area contributed by atoms with Gasteiger partial charge in [0.15, 0.2) is 5.78 Å². The van der Waals surface area contributed by atoms with Gasteiger partial charge in [-0.2, -0.15) is 0 Å². The molecule has 1 aromatic heterocycles. The Morgan fingerprint density at radius 1 is 0.919 bits per heavy atom. The van der Waals surface area contributed by atoms with Crippen LogP contribution in [0.4, 0.5) is 5.82 Å². The molecule has 182 valence electrons. The Hall–Kier alpha value is -4.69. The number of H-pyrrole nitrogens is 1. The minimum atomic E-state index is -0.747. The molecule has 0 unspecified atom stereocenters. The standard InChI is InChI=1S/C28H18ClN3O5/c1-32-25-22(26(34)31-28(32)36)20(21-23(30-25)18-4-2-3-5-19(18)24(21)33)14-8-12-17(13-9-14)37-27(35)15-6-10-16(29)11-7-15/h2-13,20,30H,1H3,(H,31,34,36)/t20-/m1/s1. The highest BCUT2D eigenvalue weighted by Crippen LogP contribution is 2.47. The number of hydrogen-bond acceptors (Lipinski definition) is 6. The fourth-order valence-electron chi connectivity index (χ4n) is 4.85. The third-order valence-electron chi connectivity index (χ3n) is 6.64. The highest BCUT2D eigenvalue weighted by Gasteiger charge is 2.42. The molecule has 6 rings (SSSR count). The first kappa shape index (κ1) is 22.8. The van der Waals surface area contributed by atoms with Crippen LogP contribution in [0, 0.1) is 0 Å². The van der Waals surface area contributed by atoms with Gasteiger partial charge >= 0.3 is 11.7 Å². The summed E-state index contributed by atoms with van der Waals surface area (Å²) in [5.74, 6) is -0.875. The molecular weight excluding hydrogens is 494 g/mol. The summed E-state index contributed by atoms with van der Waals surface area (Å²) >= 11 is 5.88. The second-order valence-electron chi connectivity index (χ2n) is 8.77. The monoisotopic (exact) mass is 511 g/mol. The number of Topliss-reactive ketones (excluding diaryl/α,β-unsaturated/α-hetero) is 1. The molecule has 9 heteroatoms. The van der Waals surface area contributed by atoms with E-state index in [1.807, 2.05) is 12.1 Å². The van der Waals surface area contributed by atoms with Crippen molar-refractivity contribution in [2.45, 2.75) is 5.92 Å². The lowest BCUT2D eigenvalue weighted by molar-refractivity contribution is 0.0734. The summed E-state index contributed by atoms with van der Waals surface area (Å²) < 4.78 is 6.80. The van der Waals surface area contributed by atoms with Crippen molar-refractivity contribution in [3.63, 3.8) is 0 Å². The van der Waals surface area contributed by atoms with Gasteiger partial charge in [0.2, 0.25) is 0 Å². The first-order chi connectivity index (χ1) is 17.8. The van der Waals surface area contributed by atoms with E-state index >= 15 is 0 Å². The number of aromatic nitrogens is 2. The van der Waals surface area contributed by atoms with E-state index in [-0.39, 0.29) is 11.3 Å². The van der Waals surface area contributed by atoms with Gasteiger partial charge in [0.25, 0.3) is 5.56 Å². The average molecular weight is 512 g/mol. The molecule has 0 radical (unpaired) electrons. The van der Waals surface area contributed by atoms with Crippen LogP contribution >= 0.6 is 11.6 Å². The van der Waals surface area contributed by atoms with E-state index in [9.17, 15) is 19.2 Å². The number of ketones is 1. The molecule has 0 amide bonds.